The molecule has 0 N–H and O–H groups in total. The fourth-order valence-electron chi connectivity index (χ4n) is 2.34. The van der Waals surface area contributed by atoms with E-state index in [1.165, 1.54) is 0 Å². The molecule has 4 nitrogen and oxygen atoms in total. The van der Waals surface area contributed by atoms with Crippen LogP contribution in [0, 0.1) is 6.92 Å². The van der Waals surface area contributed by atoms with E-state index in [-0.39, 0.29) is 0 Å². The number of sulfonamides is 1. The molecule has 0 saturated carbocycles. The van der Waals surface area contributed by atoms with Gasteiger partial charge in [0, 0.05) is 18.7 Å². The molecule has 2 rings (SSSR count). The van der Waals surface area contributed by atoms with E-state index in [0.717, 1.165) is 19.3 Å². The quantitative estimate of drug-likeness (QED) is 0.861. The van der Waals surface area contributed by atoms with E-state index >= 15 is 0 Å². The first-order valence-corrected chi connectivity index (χ1v) is 8.65. The van der Waals surface area contributed by atoms with Gasteiger partial charge in [-0.2, -0.15) is 4.31 Å². The van der Waals surface area contributed by atoms with Gasteiger partial charge in [0.05, 0.1) is 12.0 Å². The van der Waals surface area contributed by atoms with Gasteiger partial charge in [-0.25, -0.2) is 8.42 Å². The Kier molecular flexibility index (Phi) is 6.49. The second-order valence-corrected chi connectivity index (χ2v) is 6.45. The Balaban J connectivity index is 0.000000956. The summed E-state index contributed by atoms with van der Waals surface area (Å²) in [6.45, 7) is 7.04. The summed E-state index contributed by atoms with van der Waals surface area (Å²) in [5, 5.41) is 0. The predicted molar refractivity (Wildman–Crippen MR) is 81.7 cm³/mol. The molecule has 0 atom stereocenters. The molecule has 1 heterocycles. The van der Waals surface area contributed by atoms with Crippen LogP contribution in [0.2, 0.25) is 0 Å². The van der Waals surface area contributed by atoms with Crippen LogP contribution in [0.5, 0.6) is 5.75 Å². The van der Waals surface area contributed by atoms with Gasteiger partial charge in [0.15, 0.2) is 0 Å². The number of hydrogen-bond donors (Lipinski definition) is 0. The third-order valence-electron chi connectivity index (χ3n) is 3.39. The minimum atomic E-state index is -3.37. The SMILES string of the molecule is CC.COc1cccc(S(=O)(=O)N2CCCCC2)c1C. The van der Waals surface area contributed by atoms with Crippen molar-refractivity contribution in [3.63, 3.8) is 0 Å². The Labute approximate surface area is 122 Å². The van der Waals surface area contributed by atoms with E-state index in [9.17, 15) is 8.42 Å². The molecular weight excluding hydrogens is 274 g/mol. The highest BCUT2D eigenvalue weighted by Gasteiger charge is 2.27. The summed E-state index contributed by atoms with van der Waals surface area (Å²) in [6, 6.07) is 5.16. The van der Waals surface area contributed by atoms with Gasteiger partial charge in [-0.1, -0.05) is 26.3 Å². The molecule has 1 fully saturated rings. The standard InChI is InChI=1S/C13H19NO3S.C2H6/c1-11-12(17-2)7-6-8-13(11)18(15,16)14-9-4-3-5-10-14;1-2/h6-8H,3-5,9-10H2,1-2H3;1-2H3. The zero-order valence-electron chi connectivity index (χ0n) is 12.8. The highest BCUT2D eigenvalue weighted by atomic mass is 32.2. The first-order valence-electron chi connectivity index (χ1n) is 7.21. The van der Waals surface area contributed by atoms with Gasteiger partial charge in [0.1, 0.15) is 5.75 Å². The lowest BCUT2D eigenvalue weighted by atomic mass is 10.2. The Morgan fingerprint density at radius 1 is 1.10 bits per heavy atom. The van der Waals surface area contributed by atoms with Gasteiger partial charge in [0.25, 0.3) is 0 Å². The van der Waals surface area contributed by atoms with Crippen LogP contribution in [-0.4, -0.2) is 32.9 Å². The minimum absolute atomic E-state index is 0.365. The minimum Gasteiger partial charge on any atom is -0.496 e. The molecule has 0 spiro atoms. The maximum Gasteiger partial charge on any atom is 0.243 e. The van der Waals surface area contributed by atoms with Crippen LogP contribution in [0.1, 0.15) is 38.7 Å². The first kappa shape index (κ1) is 17.0. The molecule has 1 aromatic carbocycles. The summed E-state index contributed by atoms with van der Waals surface area (Å²) in [5.74, 6) is 0.619. The van der Waals surface area contributed by atoms with Gasteiger partial charge < -0.3 is 4.74 Å². The predicted octanol–water partition coefficient (Wildman–Crippen LogP) is 3.20. The van der Waals surface area contributed by atoms with Gasteiger partial charge in [-0.3, -0.25) is 0 Å². The van der Waals surface area contributed by atoms with Crippen molar-refractivity contribution in [2.75, 3.05) is 20.2 Å². The molecule has 5 heteroatoms. The molecule has 0 amide bonds. The summed E-state index contributed by atoms with van der Waals surface area (Å²) in [6.07, 6.45) is 3.01. The highest BCUT2D eigenvalue weighted by Crippen LogP contribution is 2.28. The van der Waals surface area contributed by atoms with Crippen molar-refractivity contribution < 1.29 is 13.2 Å². The Hall–Kier alpha value is -1.07. The summed E-state index contributed by atoms with van der Waals surface area (Å²) in [4.78, 5) is 0.365. The fourth-order valence-corrected chi connectivity index (χ4v) is 4.09. The van der Waals surface area contributed by atoms with Crippen LogP contribution in [-0.2, 0) is 10.0 Å². The lowest BCUT2D eigenvalue weighted by Crippen LogP contribution is -2.35. The molecule has 0 aliphatic carbocycles. The van der Waals surface area contributed by atoms with Crippen molar-refractivity contribution in [3.05, 3.63) is 23.8 Å². The van der Waals surface area contributed by atoms with Crippen LogP contribution in [0.3, 0.4) is 0 Å². The average Bonchev–Trinajstić information content (AvgIpc) is 2.50. The van der Waals surface area contributed by atoms with Crippen LogP contribution in [0.15, 0.2) is 23.1 Å². The van der Waals surface area contributed by atoms with E-state index in [2.05, 4.69) is 0 Å². The smallest absolute Gasteiger partial charge is 0.243 e. The third-order valence-corrected chi connectivity index (χ3v) is 5.43. The van der Waals surface area contributed by atoms with Gasteiger partial charge in [-0.15, -0.1) is 0 Å². The largest absolute Gasteiger partial charge is 0.496 e. The average molecular weight is 299 g/mol. The van der Waals surface area contributed by atoms with E-state index in [1.807, 2.05) is 13.8 Å². The lowest BCUT2D eigenvalue weighted by molar-refractivity contribution is 0.346. The maximum absolute atomic E-state index is 12.5. The van der Waals surface area contributed by atoms with E-state index < -0.39 is 10.0 Å². The number of rotatable bonds is 3. The monoisotopic (exact) mass is 299 g/mol. The number of hydrogen-bond acceptors (Lipinski definition) is 3. The van der Waals surface area contributed by atoms with E-state index in [0.29, 0.717) is 29.3 Å². The fraction of sp³-hybridized carbons (Fsp3) is 0.600. The normalized spacial score (nSPS) is 16.2. The van der Waals surface area contributed by atoms with Crippen LogP contribution < -0.4 is 4.74 Å². The molecule has 0 unspecified atom stereocenters. The van der Waals surface area contributed by atoms with Gasteiger partial charge in [0.2, 0.25) is 10.0 Å². The van der Waals surface area contributed by atoms with Gasteiger partial charge >= 0.3 is 0 Å². The van der Waals surface area contributed by atoms with Crippen molar-refractivity contribution in [2.45, 2.75) is 44.9 Å². The number of piperidine rings is 1. The van der Waals surface area contributed by atoms with Crippen LogP contribution in [0.4, 0.5) is 0 Å². The summed E-state index contributed by atoms with van der Waals surface area (Å²) in [7, 11) is -1.82. The summed E-state index contributed by atoms with van der Waals surface area (Å²) >= 11 is 0. The van der Waals surface area contributed by atoms with Crippen LogP contribution >= 0.6 is 0 Å². The molecular formula is C15H25NO3S. The van der Waals surface area contributed by atoms with Crippen molar-refractivity contribution in [3.8, 4) is 5.75 Å². The molecule has 1 saturated heterocycles. The van der Waals surface area contributed by atoms with E-state index in [1.54, 1.807) is 36.5 Å². The number of ether oxygens (including phenoxy) is 1. The Bertz CT molecular complexity index is 520. The summed E-state index contributed by atoms with van der Waals surface area (Å²) < 4.78 is 31.9. The summed E-state index contributed by atoms with van der Waals surface area (Å²) in [5.41, 5.74) is 0.686. The Morgan fingerprint density at radius 3 is 2.25 bits per heavy atom. The molecule has 0 bridgehead atoms. The van der Waals surface area contributed by atoms with Crippen molar-refractivity contribution in [2.24, 2.45) is 0 Å². The Morgan fingerprint density at radius 2 is 1.70 bits per heavy atom. The van der Waals surface area contributed by atoms with Crippen molar-refractivity contribution in [1.82, 2.24) is 4.31 Å². The second kappa shape index (κ2) is 7.64. The van der Waals surface area contributed by atoms with Crippen LogP contribution in [0.25, 0.3) is 0 Å². The molecule has 114 valence electrons. The molecule has 0 radical (unpaired) electrons. The topological polar surface area (TPSA) is 46.6 Å². The van der Waals surface area contributed by atoms with Crippen molar-refractivity contribution in [1.29, 1.82) is 0 Å². The highest BCUT2D eigenvalue weighted by molar-refractivity contribution is 7.89. The third kappa shape index (κ3) is 3.52. The first-order chi connectivity index (χ1) is 9.57. The molecule has 0 aromatic heterocycles. The lowest BCUT2D eigenvalue weighted by Gasteiger charge is -2.26. The van der Waals surface area contributed by atoms with Crippen molar-refractivity contribution >= 4 is 10.0 Å². The maximum atomic E-state index is 12.5. The zero-order chi connectivity index (χ0) is 15.2. The van der Waals surface area contributed by atoms with E-state index in [4.69, 9.17) is 4.74 Å². The zero-order valence-corrected chi connectivity index (χ0v) is 13.7. The molecule has 1 aliphatic heterocycles. The molecule has 1 aromatic rings. The van der Waals surface area contributed by atoms with Gasteiger partial charge in [-0.05, 0) is 31.9 Å². The number of nitrogens with zero attached hydrogens (tertiary/aromatic N) is 1. The molecule has 1 aliphatic rings. The number of methoxy groups -OCH3 is 1. The number of benzene rings is 1. The molecule has 20 heavy (non-hydrogen) atoms. The second-order valence-electron chi connectivity index (χ2n) is 4.55.